The van der Waals surface area contributed by atoms with E-state index in [1.54, 1.807) is 0 Å². The summed E-state index contributed by atoms with van der Waals surface area (Å²) in [7, 11) is 0. The molecule has 2 heterocycles. The molecule has 0 aliphatic rings. The van der Waals surface area contributed by atoms with E-state index in [1.807, 2.05) is 18.2 Å². The number of furan rings is 1. The predicted octanol–water partition coefficient (Wildman–Crippen LogP) is 14.7. The van der Waals surface area contributed by atoms with E-state index >= 15 is 0 Å². The van der Waals surface area contributed by atoms with Crippen LogP contribution in [-0.2, 0) is 0 Å². The predicted molar refractivity (Wildman–Crippen MR) is 237 cm³/mol. The Morgan fingerprint density at radius 3 is 1.61 bits per heavy atom. The lowest BCUT2D eigenvalue weighted by Gasteiger charge is -2.13. The second-order valence-corrected chi connectivity index (χ2v) is 14.5. The van der Waals surface area contributed by atoms with Crippen LogP contribution in [0.4, 0.5) is 0 Å². The van der Waals surface area contributed by atoms with E-state index in [9.17, 15) is 0 Å². The van der Waals surface area contributed by atoms with Gasteiger partial charge in [0.2, 0.25) is 0 Å². The van der Waals surface area contributed by atoms with Crippen LogP contribution in [0, 0.1) is 0 Å². The van der Waals surface area contributed by atoms with Gasteiger partial charge < -0.3 is 4.42 Å². The number of para-hydroxylation sites is 2. The molecule has 0 saturated carbocycles. The van der Waals surface area contributed by atoms with Crippen LogP contribution >= 0.6 is 0 Å². The Kier molecular flexibility index (Phi) is 7.82. The number of nitrogens with zero attached hydrogens (tertiary/aromatic N) is 2. The Labute approximate surface area is 330 Å². The van der Waals surface area contributed by atoms with Crippen molar-refractivity contribution in [1.82, 2.24) is 9.97 Å². The Balaban J connectivity index is 0.952. The largest absolute Gasteiger partial charge is 0.455 e. The van der Waals surface area contributed by atoms with Crippen molar-refractivity contribution in [1.29, 1.82) is 0 Å². The molecule has 0 radical (unpaired) electrons. The van der Waals surface area contributed by atoms with Gasteiger partial charge in [-0.25, -0.2) is 9.97 Å². The summed E-state index contributed by atoms with van der Waals surface area (Å²) < 4.78 is 6.33. The Morgan fingerprint density at radius 2 is 0.842 bits per heavy atom. The van der Waals surface area contributed by atoms with Gasteiger partial charge in [-0.1, -0.05) is 182 Å². The number of hydrogen-bond acceptors (Lipinski definition) is 3. The zero-order chi connectivity index (χ0) is 37.7. The maximum atomic E-state index is 6.33. The lowest BCUT2D eigenvalue weighted by atomic mass is 9.92. The van der Waals surface area contributed by atoms with Gasteiger partial charge in [0.1, 0.15) is 11.2 Å². The molecule has 0 atom stereocenters. The average molecular weight is 727 g/mol. The number of rotatable bonds is 6. The third-order valence-corrected chi connectivity index (χ3v) is 11.1. The van der Waals surface area contributed by atoms with Gasteiger partial charge in [-0.15, -0.1) is 0 Å². The van der Waals surface area contributed by atoms with Crippen molar-refractivity contribution in [2.75, 3.05) is 0 Å². The molecule has 0 unspecified atom stereocenters. The number of hydrogen-bond donors (Lipinski definition) is 0. The van der Waals surface area contributed by atoms with Crippen LogP contribution in [0.1, 0.15) is 0 Å². The first-order valence-corrected chi connectivity index (χ1v) is 19.3. The van der Waals surface area contributed by atoms with Gasteiger partial charge in [-0.3, -0.25) is 0 Å². The Bertz CT molecular complexity index is 3270. The molecule has 0 aliphatic carbocycles. The van der Waals surface area contributed by atoms with Crippen LogP contribution < -0.4 is 0 Å². The van der Waals surface area contributed by atoms with E-state index in [2.05, 4.69) is 188 Å². The molecule has 0 bridgehead atoms. The number of benzene rings is 9. The molecule has 0 N–H and O–H groups in total. The van der Waals surface area contributed by atoms with E-state index < -0.39 is 0 Å². The van der Waals surface area contributed by atoms with Gasteiger partial charge in [-0.05, 0) is 73.6 Å². The molecule has 11 aromatic rings. The lowest BCUT2D eigenvalue weighted by molar-refractivity contribution is 0.670. The third kappa shape index (κ3) is 5.85. The molecule has 0 spiro atoms. The summed E-state index contributed by atoms with van der Waals surface area (Å²) in [6.07, 6.45) is 0. The molecule has 2 aromatic heterocycles. The minimum atomic E-state index is 0.692. The maximum absolute atomic E-state index is 6.33. The summed E-state index contributed by atoms with van der Waals surface area (Å²) >= 11 is 0. The molecule has 0 saturated heterocycles. The molecule has 266 valence electrons. The van der Waals surface area contributed by atoms with Crippen LogP contribution in [0.15, 0.2) is 211 Å². The first-order chi connectivity index (χ1) is 28.2. The van der Waals surface area contributed by atoms with Gasteiger partial charge >= 0.3 is 0 Å². The Morgan fingerprint density at radius 1 is 0.298 bits per heavy atom. The molecule has 3 nitrogen and oxygen atoms in total. The minimum Gasteiger partial charge on any atom is -0.455 e. The fraction of sp³-hybridized carbons (Fsp3) is 0. The third-order valence-electron chi connectivity index (χ3n) is 11.1. The van der Waals surface area contributed by atoms with E-state index in [1.165, 1.54) is 27.1 Å². The van der Waals surface area contributed by atoms with Crippen molar-refractivity contribution in [2.24, 2.45) is 0 Å². The van der Waals surface area contributed by atoms with E-state index in [0.29, 0.717) is 5.82 Å². The highest BCUT2D eigenvalue weighted by Gasteiger charge is 2.15. The van der Waals surface area contributed by atoms with Crippen molar-refractivity contribution >= 4 is 43.5 Å². The highest BCUT2D eigenvalue weighted by molar-refractivity contribution is 6.14. The van der Waals surface area contributed by atoms with Crippen molar-refractivity contribution in [3.05, 3.63) is 206 Å². The van der Waals surface area contributed by atoms with Crippen molar-refractivity contribution in [3.8, 4) is 67.3 Å². The first kappa shape index (κ1) is 32.8. The highest BCUT2D eigenvalue weighted by atomic mass is 16.3. The zero-order valence-corrected chi connectivity index (χ0v) is 30.9. The van der Waals surface area contributed by atoms with Crippen molar-refractivity contribution in [3.63, 3.8) is 0 Å². The number of fused-ring (bicyclic) bond motifs is 6. The number of aromatic nitrogens is 2. The van der Waals surface area contributed by atoms with Gasteiger partial charge in [-0.2, -0.15) is 0 Å². The molecule has 11 rings (SSSR count). The standard InChI is InChI=1S/C54H34N2O/c1-2-12-38(13-3-1)50-34-51(56-54(55-50)42-16-10-15-40(32-42)49-33-41-14-4-5-17-43(41)45-18-6-7-19-46(45)49)39-30-26-36(27-31-39)35-24-28-37(29-25-35)44-21-11-22-48-47-20-8-9-23-52(47)57-53(44)48/h1-34H. The van der Waals surface area contributed by atoms with Gasteiger partial charge in [0.15, 0.2) is 5.82 Å². The van der Waals surface area contributed by atoms with E-state index in [-0.39, 0.29) is 0 Å². The Hall–Kier alpha value is -7.62. The molecule has 0 amide bonds. The lowest BCUT2D eigenvalue weighted by Crippen LogP contribution is -1.96. The quantitative estimate of drug-likeness (QED) is 0.160. The molecule has 0 fully saturated rings. The molecule has 3 heteroatoms. The van der Waals surface area contributed by atoms with Gasteiger partial charge in [0, 0.05) is 33.0 Å². The highest BCUT2D eigenvalue weighted by Crippen LogP contribution is 2.38. The van der Waals surface area contributed by atoms with Gasteiger partial charge in [0.05, 0.1) is 11.4 Å². The summed E-state index contributed by atoms with van der Waals surface area (Å²) in [5.41, 5.74) is 13.5. The molecule has 9 aromatic carbocycles. The topological polar surface area (TPSA) is 38.9 Å². The molecular weight excluding hydrogens is 693 g/mol. The summed E-state index contributed by atoms with van der Waals surface area (Å²) in [5, 5.41) is 7.24. The van der Waals surface area contributed by atoms with Gasteiger partial charge in [0.25, 0.3) is 0 Å². The fourth-order valence-corrected chi connectivity index (χ4v) is 8.25. The average Bonchev–Trinajstić information content (AvgIpc) is 3.68. The second kappa shape index (κ2) is 13.6. The van der Waals surface area contributed by atoms with Crippen LogP contribution in [0.3, 0.4) is 0 Å². The summed E-state index contributed by atoms with van der Waals surface area (Å²) in [6.45, 7) is 0. The smallest absolute Gasteiger partial charge is 0.160 e. The monoisotopic (exact) mass is 726 g/mol. The normalized spacial score (nSPS) is 11.5. The second-order valence-electron chi connectivity index (χ2n) is 14.5. The van der Waals surface area contributed by atoms with Crippen molar-refractivity contribution < 1.29 is 4.42 Å². The minimum absolute atomic E-state index is 0.692. The van der Waals surface area contributed by atoms with Crippen LogP contribution in [-0.4, -0.2) is 9.97 Å². The summed E-state index contributed by atoms with van der Waals surface area (Å²) in [4.78, 5) is 10.4. The van der Waals surface area contributed by atoms with Crippen LogP contribution in [0.2, 0.25) is 0 Å². The molecule has 57 heavy (non-hydrogen) atoms. The fourth-order valence-electron chi connectivity index (χ4n) is 8.25. The summed E-state index contributed by atoms with van der Waals surface area (Å²) in [5.74, 6) is 0.692. The van der Waals surface area contributed by atoms with E-state index in [4.69, 9.17) is 14.4 Å². The first-order valence-electron chi connectivity index (χ1n) is 19.3. The molecule has 0 aliphatic heterocycles. The zero-order valence-electron chi connectivity index (χ0n) is 30.9. The molecular formula is C54H34N2O. The van der Waals surface area contributed by atoms with E-state index in [0.717, 1.165) is 77.8 Å². The van der Waals surface area contributed by atoms with Crippen LogP contribution in [0.5, 0.6) is 0 Å². The maximum Gasteiger partial charge on any atom is 0.160 e. The van der Waals surface area contributed by atoms with Crippen LogP contribution in [0.25, 0.3) is 111 Å². The summed E-state index contributed by atoms with van der Waals surface area (Å²) in [6, 6.07) is 72.7. The van der Waals surface area contributed by atoms with Crippen molar-refractivity contribution in [2.45, 2.75) is 0 Å². The SMILES string of the molecule is c1ccc(-c2cc(-c3ccc(-c4ccc(-c5cccc6c5oc5ccccc56)cc4)cc3)nc(-c3cccc(-c4cc5ccccc5c5ccccc45)c3)n2)cc1.